The van der Waals surface area contributed by atoms with Crippen LogP contribution in [0.5, 0.6) is 0 Å². The third kappa shape index (κ3) is 22.1. The van der Waals surface area contributed by atoms with Crippen LogP contribution in [-0.4, -0.2) is 35.3 Å². The van der Waals surface area contributed by atoms with Crippen molar-refractivity contribution in [2.45, 2.75) is 103 Å². The van der Waals surface area contributed by atoms with Gasteiger partial charge in [0.05, 0.1) is 6.61 Å². The van der Waals surface area contributed by atoms with Crippen LogP contribution in [0.15, 0.2) is 0 Å². The molecule has 0 amide bonds. The van der Waals surface area contributed by atoms with Crippen molar-refractivity contribution in [3.05, 3.63) is 0 Å². The number of hydrogen-bond donors (Lipinski definition) is 1. The van der Waals surface area contributed by atoms with E-state index in [0.717, 1.165) is 12.8 Å². The predicted octanol–water partition coefficient (Wildman–Crippen LogP) is 5.43. The molecular formula is C19H40O5S2. The minimum absolute atomic E-state index is 0.151. The van der Waals surface area contributed by atoms with Gasteiger partial charge in [0, 0.05) is 22.3 Å². The summed E-state index contributed by atoms with van der Waals surface area (Å²) in [4.78, 5) is 0. The minimum Gasteiger partial charge on any atom is -0.264 e. The molecule has 0 saturated heterocycles. The first-order valence-corrected chi connectivity index (χ1v) is 13.3. The van der Waals surface area contributed by atoms with Crippen molar-refractivity contribution in [1.29, 1.82) is 0 Å². The van der Waals surface area contributed by atoms with E-state index in [1.165, 1.54) is 83.5 Å². The Labute approximate surface area is 164 Å². The molecule has 0 aromatic rings. The van der Waals surface area contributed by atoms with Gasteiger partial charge in [0.1, 0.15) is 0 Å². The van der Waals surface area contributed by atoms with Gasteiger partial charge in [-0.3, -0.25) is 8.76 Å². The molecule has 0 aromatic heterocycles. The zero-order valence-electron chi connectivity index (χ0n) is 16.6. The van der Waals surface area contributed by atoms with Gasteiger partial charge in [0.25, 0.3) is 0 Å². The largest absolute Gasteiger partial charge is 0.397 e. The summed E-state index contributed by atoms with van der Waals surface area (Å²) >= 11 is 0. The van der Waals surface area contributed by atoms with E-state index in [1.807, 2.05) is 0 Å². The standard InChI is InChI=1S/C19H40O5S2/c1-2-3-4-5-6-7-8-9-10-11-12-13-14-15-16-18-25(20)19-17-24-26(21,22)23/h2-19H2,1H3,(H,21,22,23). The minimum atomic E-state index is -4.41. The second kappa shape index (κ2) is 18.4. The van der Waals surface area contributed by atoms with E-state index in [9.17, 15) is 12.6 Å². The normalized spacial score (nSPS) is 13.2. The Morgan fingerprint density at radius 3 is 1.46 bits per heavy atom. The zero-order valence-corrected chi connectivity index (χ0v) is 18.3. The van der Waals surface area contributed by atoms with Crippen LogP contribution in [0.1, 0.15) is 103 Å². The van der Waals surface area contributed by atoms with Crippen molar-refractivity contribution in [2.75, 3.05) is 18.1 Å². The summed E-state index contributed by atoms with van der Waals surface area (Å²) in [7, 11) is -5.48. The van der Waals surface area contributed by atoms with Crippen LogP contribution < -0.4 is 0 Å². The maximum atomic E-state index is 11.6. The Bertz CT molecular complexity index is 424. The van der Waals surface area contributed by atoms with Crippen molar-refractivity contribution >= 4 is 21.2 Å². The first kappa shape index (κ1) is 26.0. The van der Waals surface area contributed by atoms with E-state index >= 15 is 0 Å². The van der Waals surface area contributed by atoms with Gasteiger partial charge in [-0.1, -0.05) is 96.8 Å². The maximum Gasteiger partial charge on any atom is 0.397 e. The van der Waals surface area contributed by atoms with Gasteiger partial charge in [-0.05, 0) is 6.42 Å². The molecule has 1 atom stereocenters. The van der Waals surface area contributed by atoms with Crippen molar-refractivity contribution in [1.82, 2.24) is 0 Å². The fourth-order valence-electron chi connectivity index (χ4n) is 2.97. The van der Waals surface area contributed by atoms with E-state index in [1.54, 1.807) is 0 Å². The molecule has 0 fully saturated rings. The van der Waals surface area contributed by atoms with Gasteiger partial charge in [-0.2, -0.15) is 8.42 Å². The summed E-state index contributed by atoms with van der Waals surface area (Å²) in [6.07, 6.45) is 19.5. The van der Waals surface area contributed by atoms with Crippen LogP contribution >= 0.6 is 0 Å². The quantitative estimate of drug-likeness (QED) is 0.213. The van der Waals surface area contributed by atoms with Crippen LogP contribution in [0.2, 0.25) is 0 Å². The molecule has 26 heavy (non-hydrogen) atoms. The molecular weight excluding hydrogens is 372 g/mol. The van der Waals surface area contributed by atoms with E-state index in [2.05, 4.69) is 11.1 Å². The summed E-state index contributed by atoms with van der Waals surface area (Å²) in [5, 5.41) is 0. The average Bonchev–Trinajstić information content (AvgIpc) is 2.57. The Hall–Kier alpha value is 0.0200. The fourth-order valence-corrected chi connectivity index (χ4v) is 4.37. The monoisotopic (exact) mass is 412 g/mol. The van der Waals surface area contributed by atoms with Crippen LogP contribution in [0.3, 0.4) is 0 Å². The number of rotatable bonds is 20. The lowest BCUT2D eigenvalue weighted by Gasteiger charge is -2.04. The third-order valence-electron chi connectivity index (χ3n) is 4.52. The van der Waals surface area contributed by atoms with Crippen molar-refractivity contribution in [2.24, 2.45) is 0 Å². The Morgan fingerprint density at radius 1 is 0.692 bits per heavy atom. The van der Waals surface area contributed by atoms with Gasteiger partial charge in [0.15, 0.2) is 0 Å². The third-order valence-corrected chi connectivity index (χ3v) is 6.35. The lowest BCUT2D eigenvalue weighted by atomic mass is 10.0. The van der Waals surface area contributed by atoms with E-state index in [4.69, 9.17) is 4.55 Å². The van der Waals surface area contributed by atoms with Crippen LogP contribution in [0, 0.1) is 0 Å². The molecule has 0 saturated carbocycles. The Balaban J connectivity index is 3.18. The number of unbranched alkanes of at least 4 members (excludes halogenated alkanes) is 14. The van der Waals surface area contributed by atoms with Crippen molar-refractivity contribution in [3.8, 4) is 0 Å². The topological polar surface area (TPSA) is 80.7 Å². The molecule has 0 bridgehead atoms. The highest BCUT2D eigenvalue weighted by atomic mass is 32.3. The molecule has 0 aromatic carbocycles. The molecule has 0 radical (unpaired) electrons. The summed E-state index contributed by atoms with van der Waals surface area (Å²) in [6.45, 7) is 2.04. The smallest absolute Gasteiger partial charge is 0.264 e. The van der Waals surface area contributed by atoms with E-state index in [0.29, 0.717) is 5.75 Å². The van der Waals surface area contributed by atoms with E-state index < -0.39 is 21.2 Å². The lowest BCUT2D eigenvalue weighted by molar-refractivity contribution is 0.284. The highest BCUT2D eigenvalue weighted by Crippen LogP contribution is 2.13. The second-order valence-electron chi connectivity index (χ2n) is 7.05. The Morgan fingerprint density at radius 2 is 1.08 bits per heavy atom. The molecule has 158 valence electrons. The highest BCUT2D eigenvalue weighted by Gasteiger charge is 2.06. The van der Waals surface area contributed by atoms with Gasteiger partial charge < -0.3 is 0 Å². The predicted molar refractivity (Wildman–Crippen MR) is 110 cm³/mol. The fraction of sp³-hybridized carbons (Fsp3) is 1.00. The first-order chi connectivity index (χ1) is 12.5. The van der Waals surface area contributed by atoms with Crippen LogP contribution in [-0.2, 0) is 25.4 Å². The highest BCUT2D eigenvalue weighted by molar-refractivity contribution is 7.85. The molecule has 5 nitrogen and oxygen atoms in total. The van der Waals surface area contributed by atoms with Gasteiger partial charge in [0.2, 0.25) is 0 Å². The second-order valence-corrected chi connectivity index (χ2v) is 9.83. The zero-order chi connectivity index (χ0) is 19.5. The summed E-state index contributed by atoms with van der Waals surface area (Å²) in [6, 6.07) is 0. The van der Waals surface area contributed by atoms with Crippen molar-refractivity contribution < 1.29 is 21.4 Å². The Kier molecular flexibility index (Phi) is 18.4. The van der Waals surface area contributed by atoms with Crippen LogP contribution in [0.4, 0.5) is 0 Å². The maximum absolute atomic E-state index is 11.6. The molecule has 1 unspecified atom stereocenters. The molecule has 0 heterocycles. The summed E-state index contributed by atoms with van der Waals surface area (Å²) in [5.74, 6) is 0.728. The van der Waals surface area contributed by atoms with Crippen LogP contribution in [0.25, 0.3) is 0 Å². The molecule has 0 aliphatic carbocycles. The molecule has 0 aliphatic rings. The lowest BCUT2D eigenvalue weighted by Crippen LogP contribution is -2.12. The molecule has 0 aliphatic heterocycles. The molecule has 7 heteroatoms. The summed E-state index contributed by atoms with van der Waals surface area (Å²) < 4.78 is 44.9. The van der Waals surface area contributed by atoms with E-state index in [-0.39, 0.29) is 12.4 Å². The first-order valence-electron chi connectivity index (χ1n) is 10.4. The van der Waals surface area contributed by atoms with Gasteiger partial charge in [-0.25, -0.2) is 4.18 Å². The van der Waals surface area contributed by atoms with Gasteiger partial charge in [-0.15, -0.1) is 0 Å². The molecule has 0 spiro atoms. The van der Waals surface area contributed by atoms with Gasteiger partial charge >= 0.3 is 10.4 Å². The van der Waals surface area contributed by atoms with Crippen molar-refractivity contribution in [3.63, 3.8) is 0 Å². The SMILES string of the molecule is CCCCCCCCCCCCCCCCCS(=O)CCOS(=O)(=O)O. The average molecular weight is 413 g/mol. The molecule has 0 rings (SSSR count). The number of hydrogen-bond acceptors (Lipinski definition) is 4. The summed E-state index contributed by atoms with van der Waals surface area (Å²) in [5.41, 5.74) is 0. The molecule has 1 N–H and O–H groups in total.